The third-order valence-corrected chi connectivity index (χ3v) is 1.67. The van der Waals surface area contributed by atoms with E-state index in [2.05, 4.69) is 10.2 Å². The lowest BCUT2D eigenvalue weighted by Gasteiger charge is -1.95. The van der Waals surface area contributed by atoms with Gasteiger partial charge in [0.05, 0.1) is 12.6 Å². The van der Waals surface area contributed by atoms with Crippen molar-refractivity contribution in [2.45, 2.75) is 19.8 Å². The molecule has 0 atom stereocenters. The average molecular weight is 182 g/mol. The number of carboxylic acid groups (broad SMARTS) is 1. The monoisotopic (exact) mass is 182 g/mol. The highest BCUT2D eigenvalue weighted by Gasteiger charge is 2.11. The van der Waals surface area contributed by atoms with E-state index in [1.807, 2.05) is 0 Å². The van der Waals surface area contributed by atoms with Gasteiger partial charge in [-0.1, -0.05) is 0 Å². The number of aliphatic carboxylic acids is 1. The maximum Gasteiger partial charge on any atom is 0.303 e. The number of ketones is 1. The van der Waals surface area contributed by atoms with Crippen molar-refractivity contribution >= 4 is 11.8 Å². The normalized spacial score (nSPS) is 9.92. The standard InChI is InChI=1S/C8H10N2O3/c1-5-4-9-10-8(5)6(11)2-3-7(12)13/h4H,2-3H2,1H3,(H,9,10)(H,12,13). The minimum atomic E-state index is -0.967. The van der Waals surface area contributed by atoms with Crippen LogP contribution in [0.1, 0.15) is 28.9 Å². The van der Waals surface area contributed by atoms with Crippen molar-refractivity contribution < 1.29 is 14.7 Å². The van der Waals surface area contributed by atoms with E-state index in [0.717, 1.165) is 5.56 Å². The second kappa shape index (κ2) is 3.84. The van der Waals surface area contributed by atoms with E-state index in [-0.39, 0.29) is 18.6 Å². The van der Waals surface area contributed by atoms with Gasteiger partial charge in [-0.2, -0.15) is 5.10 Å². The van der Waals surface area contributed by atoms with Crippen molar-refractivity contribution in [3.8, 4) is 0 Å². The topological polar surface area (TPSA) is 83.0 Å². The second-order valence-corrected chi connectivity index (χ2v) is 2.74. The number of aromatic nitrogens is 2. The van der Waals surface area contributed by atoms with E-state index >= 15 is 0 Å². The molecule has 0 aromatic carbocycles. The fourth-order valence-electron chi connectivity index (χ4n) is 0.974. The summed E-state index contributed by atoms with van der Waals surface area (Å²) in [6.45, 7) is 1.75. The average Bonchev–Trinajstić information content (AvgIpc) is 2.47. The highest BCUT2D eigenvalue weighted by atomic mass is 16.4. The molecular formula is C8H10N2O3. The summed E-state index contributed by atoms with van der Waals surface area (Å²) in [5, 5.41) is 14.6. The highest BCUT2D eigenvalue weighted by molar-refractivity contribution is 5.96. The first-order valence-electron chi connectivity index (χ1n) is 3.86. The van der Waals surface area contributed by atoms with Gasteiger partial charge in [-0.3, -0.25) is 14.7 Å². The zero-order valence-corrected chi connectivity index (χ0v) is 7.20. The van der Waals surface area contributed by atoms with Crippen LogP contribution in [0.15, 0.2) is 6.20 Å². The number of aromatic amines is 1. The first-order valence-corrected chi connectivity index (χ1v) is 3.86. The molecule has 0 fully saturated rings. The van der Waals surface area contributed by atoms with E-state index < -0.39 is 5.97 Å². The Bertz CT molecular complexity index is 330. The van der Waals surface area contributed by atoms with E-state index in [9.17, 15) is 9.59 Å². The smallest absolute Gasteiger partial charge is 0.303 e. The molecule has 0 saturated heterocycles. The molecule has 0 radical (unpaired) electrons. The molecule has 1 aromatic rings. The molecule has 0 aliphatic carbocycles. The number of nitrogens with zero attached hydrogens (tertiary/aromatic N) is 1. The largest absolute Gasteiger partial charge is 0.481 e. The Morgan fingerprint density at radius 3 is 2.69 bits per heavy atom. The van der Waals surface area contributed by atoms with Crippen molar-refractivity contribution in [2.24, 2.45) is 0 Å². The molecule has 0 unspecified atom stereocenters. The number of carbonyl (C=O) groups is 2. The van der Waals surface area contributed by atoms with Gasteiger partial charge in [-0.05, 0) is 12.5 Å². The molecular weight excluding hydrogens is 172 g/mol. The molecule has 0 saturated carbocycles. The lowest BCUT2D eigenvalue weighted by atomic mass is 10.1. The fraction of sp³-hybridized carbons (Fsp3) is 0.375. The first kappa shape index (κ1) is 9.44. The van der Waals surface area contributed by atoms with Crippen LogP contribution >= 0.6 is 0 Å². The van der Waals surface area contributed by atoms with Gasteiger partial charge in [0.2, 0.25) is 0 Å². The Balaban J connectivity index is 2.59. The van der Waals surface area contributed by atoms with Crippen molar-refractivity contribution in [3.05, 3.63) is 17.5 Å². The number of carboxylic acids is 1. The van der Waals surface area contributed by atoms with Crippen LogP contribution in [-0.4, -0.2) is 27.1 Å². The lowest BCUT2D eigenvalue weighted by Crippen LogP contribution is -2.05. The van der Waals surface area contributed by atoms with Gasteiger partial charge in [-0.25, -0.2) is 0 Å². The summed E-state index contributed by atoms with van der Waals surface area (Å²) in [4.78, 5) is 21.5. The predicted octanol–water partition coefficient (Wildman–Crippen LogP) is 0.766. The third-order valence-electron chi connectivity index (χ3n) is 1.67. The number of rotatable bonds is 4. The second-order valence-electron chi connectivity index (χ2n) is 2.74. The van der Waals surface area contributed by atoms with Crippen LogP contribution in [0.2, 0.25) is 0 Å². The number of hydrogen-bond acceptors (Lipinski definition) is 3. The van der Waals surface area contributed by atoms with Crippen LogP contribution < -0.4 is 0 Å². The molecule has 0 bridgehead atoms. The quantitative estimate of drug-likeness (QED) is 0.673. The van der Waals surface area contributed by atoms with Gasteiger partial charge in [0.15, 0.2) is 5.78 Å². The molecule has 13 heavy (non-hydrogen) atoms. The van der Waals surface area contributed by atoms with E-state index in [0.29, 0.717) is 5.69 Å². The summed E-state index contributed by atoms with van der Waals surface area (Å²) in [6, 6.07) is 0. The third kappa shape index (κ3) is 2.40. The van der Waals surface area contributed by atoms with Crippen LogP contribution in [-0.2, 0) is 4.79 Å². The summed E-state index contributed by atoms with van der Waals surface area (Å²) in [5.41, 5.74) is 1.15. The Hall–Kier alpha value is -1.65. The van der Waals surface area contributed by atoms with E-state index in [1.54, 1.807) is 6.92 Å². The Labute approximate surface area is 74.8 Å². The lowest BCUT2D eigenvalue weighted by molar-refractivity contribution is -0.136. The van der Waals surface area contributed by atoms with Gasteiger partial charge in [-0.15, -0.1) is 0 Å². The number of carbonyl (C=O) groups excluding carboxylic acids is 1. The maximum absolute atomic E-state index is 11.3. The van der Waals surface area contributed by atoms with Crippen LogP contribution in [0.5, 0.6) is 0 Å². The molecule has 5 heteroatoms. The van der Waals surface area contributed by atoms with Crippen molar-refractivity contribution in [2.75, 3.05) is 0 Å². The van der Waals surface area contributed by atoms with Crippen molar-refractivity contribution in [1.82, 2.24) is 10.2 Å². The van der Waals surface area contributed by atoms with Gasteiger partial charge < -0.3 is 5.11 Å². The summed E-state index contributed by atoms with van der Waals surface area (Å²) < 4.78 is 0. The summed E-state index contributed by atoms with van der Waals surface area (Å²) in [5.74, 6) is -1.18. The Morgan fingerprint density at radius 1 is 1.54 bits per heavy atom. The number of nitrogens with one attached hydrogen (secondary N) is 1. The zero-order chi connectivity index (χ0) is 9.84. The summed E-state index contributed by atoms with van der Waals surface area (Å²) in [7, 11) is 0. The van der Waals surface area contributed by atoms with Gasteiger partial charge in [0, 0.05) is 6.42 Å². The molecule has 2 N–H and O–H groups in total. The Kier molecular flexibility index (Phi) is 2.79. The molecule has 1 aromatic heterocycles. The van der Waals surface area contributed by atoms with Crippen LogP contribution in [0, 0.1) is 6.92 Å². The predicted molar refractivity (Wildman–Crippen MR) is 44.5 cm³/mol. The fourth-order valence-corrected chi connectivity index (χ4v) is 0.974. The van der Waals surface area contributed by atoms with E-state index in [4.69, 9.17) is 5.11 Å². The summed E-state index contributed by atoms with van der Waals surface area (Å²) >= 11 is 0. The number of hydrogen-bond donors (Lipinski definition) is 2. The molecule has 1 heterocycles. The molecule has 5 nitrogen and oxygen atoms in total. The molecule has 0 aliphatic heterocycles. The molecule has 70 valence electrons. The molecule has 0 spiro atoms. The molecule has 1 rings (SSSR count). The van der Waals surface area contributed by atoms with Crippen LogP contribution in [0.25, 0.3) is 0 Å². The van der Waals surface area contributed by atoms with Crippen molar-refractivity contribution in [1.29, 1.82) is 0 Å². The maximum atomic E-state index is 11.3. The van der Waals surface area contributed by atoms with Crippen LogP contribution in [0.4, 0.5) is 0 Å². The summed E-state index contributed by atoms with van der Waals surface area (Å²) in [6.07, 6.45) is 1.41. The minimum absolute atomic E-state index is 0.0123. The van der Waals surface area contributed by atoms with Crippen LogP contribution in [0.3, 0.4) is 0 Å². The van der Waals surface area contributed by atoms with Gasteiger partial charge >= 0.3 is 5.97 Å². The highest BCUT2D eigenvalue weighted by Crippen LogP contribution is 2.06. The van der Waals surface area contributed by atoms with Crippen molar-refractivity contribution in [3.63, 3.8) is 0 Å². The first-order chi connectivity index (χ1) is 6.11. The number of Topliss-reactive ketones (excluding diaryl/α,β-unsaturated/α-hetero) is 1. The van der Waals surface area contributed by atoms with Gasteiger partial charge in [0.1, 0.15) is 5.69 Å². The molecule has 0 amide bonds. The van der Waals surface area contributed by atoms with Gasteiger partial charge in [0.25, 0.3) is 0 Å². The number of H-pyrrole nitrogens is 1. The molecule has 0 aliphatic rings. The number of aryl methyl sites for hydroxylation is 1. The SMILES string of the molecule is Cc1cn[nH]c1C(=O)CCC(=O)O. The van der Waals surface area contributed by atoms with E-state index in [1.165, 1.54) is 6.20 Å². The minimum Gasteiger partial charge on any atom is -0.481 e. The Morgan fingerprint density at radius 2 is 2.23 bits per heavy atom. The zero-order valence-electron chi connectivity index (χ0n) is 7.20.